The van der Waals surface area contributed by atoms with Crippen molar-refractivity contribution in [2.45, 2.75) is 6.18 Å². The van der Waals surface area contributed by atoms with E-state index in [-0.39, 0.29) is 17.1 Å². The molecule has 0 amide bonds. The van der Waals surface area contributed by atoms with Gasteiger partial charge in [0.2, 0.25) is 0 Å². The Morgan fingerprint density at radius 2 is 2.05 bits per heavy atom. The Bertz CT molecular complexity index is 631. The second kappa shape index (κ2) is 4.94. The van der Waals surface area contributed by atoms with Crippen molar-refractivity contribution in [1.29, 1.82) is 5.26 Å². The molecule has 0 unspecified atom stereocenters. The molecule has 0 saturated heterocycles. The van der Waals surface area contributed by atoms with Crippen molar-refractivity contribution in [3.63, 3.8) is 0 Å². The van der Waals surface area contributed by atoms with E-state index in [1.54, 1.807) is 0 Å². The zero-order chi connectivity index (χ0) is 13.9. The molecule has 2 aromatic rings. The van der Waals surface area contributed by atoms with Crippen molar-refractivity contribution in [3.8, 4) is 6.07 Å². The Kier molecular flexibility index (Phi) is 3.33. The first-order valence-corrected chi connectivity index (χ1v) is 5.15. The molecule has 0 aliphatic carbocycles. The molecular weight excluding hydrogens is 257 g/mol. The summed E-state index contributed by atoms with van der Waals surface area (Å²) in [5.74, 6) is 0.164. The van der Waals surface area contributed by atoms with E-state index in [1.807, 2.05) is 6.07 Å². The zero-order valence-corrected chi connectivity index (χ0v) is 9.44. The predicted octanol–water partition coefficient (Wildman–Crippen LogP) is 3.11. The highest BCUT2D eigenvalue weighted by molar-refractivity contribution is 5.62. The third-order valence-electron chi connectivity index (χ3n) is 2.29. The average Bonchev–Trinajstić information content (AvgIpc) is 2.39. The van der Waals surface area contributed by atoms with Crippen molar-refractivity contribution < 1.29 is 13.2 Å². The Hall–Kier alpha value is -2.62. The van der Waals surface area contributed by atoms with Gasteiger partial charge in [0.15, 0.2) is 5.82 Å². The molecule has 1 aromatic heterocycles. The van der Waals surface area contributed by atoms with Crippen molar-refractivity contribution in [3.05, 3.63) is 47.9 Å². The molecular formula is C12H7F3N4. The molecule has 0 atom stereocenters. The second-order valence-corrected chi connectivity index (χ2v) is 3.60. The van der Waals surface area contributed by atoms with Gasteiger partial charge in [0, 0.05) is 5.69 Å². The fraction of sp³-hybridized carbons (Fsp3) is 0.0833. The average molecular weight is 264 g/mol. The molecule has 2 rings (SSSR count). The quantitative estimate of drug-likeness (QED) is 0.905. The van der Waals surface area contributed by atoms with Crippen molar-refractivity contribution >= 4 is 11.5 Å². The summed E-state index contributed by atoms with van der Waals surface area (Å²) in [5.41, 5.74) is -0.421. The number of anilines is 2. The fourth-order valence-corrected chi connectivity index (χ4v) is 1.42. The first kappa shape index (κ1) is 12.8. The van der Waals surface area contributed by atoms with Gasteiger partial charge >= 0.3 is 6.18 Å². The molecule has 1 aromatic carbocycles. The third kappa shape index (κ3) is 2.98. The molecule has 4 nitrogen and oxygen atoms in total. The predicted molar refractivity (Wildman–Crippen MR) is 61.5 cm³/mol. The minimum atomic E-state index is -4.42. The molecule has 0 bridgehead atoms. The van der Waals surface area contributed by atoms with Crippen LogP contribution in [0.4, 0.5) is 24.7 Å². The summed E-state index contributed by atoms with van der Waals surface area (Å²) in [7, 11) is 0. The second-order valence-electron chi connectivity index (χ2n) is 3.60. The van der Waals surface area contributed by atoms with E-state index in [9.17, 15) is 13.2 Å². The Labute approximate surface area is 106 Å². The lowest BCUT2D eigenvalue weighted by atomic mass is 10.2. The maximum absolute atomic E-state index is 12.5. The summed E-state index contributed by atoms with van der Waals surface area (Å²) in [6.45, 7) is 0. The molecule has 7 heteroatoms. The van der Waals surface area contributed by atoms with E-state index in [2.05, 4.69) is 15.3 Å². The molecule has 0 saturated carbocycles. The van der Waals surface area contributed by atoms with Gasteiger partial charge in [-0.15, -0.1) is 0 Å². The minimum Gasteiger partial charge on any atom is -0.339 e. The first-order valence-electron chi connectivity index (χ1n) is 5.15. The van der Waals surface area contributed by atoms with Gasteiger partial charge in [0.05, 0.1) is 11.8 Å². The number of halogens is 3. The van der Waals surface area contributed by atoms with Crippen LogP contribution in [0.2, 0.25) is 0 Å². The van der Waals surface area contributed by atoms with Crippen LogP contribution in [0.1, 0.15) is 11.1 Å². The molecule has 19 heavy (non-hydrogen) atoms. The number of nitrogens with one attached hydrogen (secondary N) is 1. The molecule has 0 radical (unpaired) electrons. The summed E-state index contributed by atoms with van der Waals surface area (Å²) in [4.78, 5) is 7.47. The number of rotatable bonds is 2. The molecule has 0 aliphatic rings. The van der Waals surface area contributed by atoms with E-state index in [0.29, 0.717) is 0 Å². The standard InChI is InChI=1S/C12H7F3N4/c13-12(14,15)9-2-1-3-10(4-9)19-11-8(5-16)6-17-7-18-11/h1-4,6-7H,(H,17,18,19). The number of alkyl halides is 3. The third-order valence-corrected chi connectivity index (χ3v) is 2.29. The molecule has 0 aliphatic heterocycles. The molecule has 1 N–H and O–H groups in total. The van der Waals surface area contributed by atoms with Crippen LogP contribution in [-0.2, 0) is 6.18 Å². The summed E-state index contributed by atoms with van der Waals surface area (Å²) in [6.07, 6.45) is -1.93. The lowest BCUT2D eigenvalue weighted by Crippen LogP contribution is -2.05. The fourth-order valence-electron chi connectivity index (χ4n) is 1.42. The van der Waals surface area contributed by atoms with Crippen LogP contribution in [0.3, 0.4) is 0 Å². The van der Waals surface area contributed by atoms with Gasteiger partial charge in [-0.3, -0.25) is 0 Å². The number of aromatic nitrogens is 2. The van der Waals surface area contributed by atoms with E-state index < -0.39 is 11.7 Å². The largest absolute Gasteiger partial charge is 0.416 e. The Morgan fingerprint density at radius 1 is 1.26 bits per heavy atom. The maximum atomic E-state index is 12.5. The highest BCUT2D eigenvalue weighted by Crippen LogP contribution is 2.31. The smallest absolute Gasteiger partial charge is 0.339 e. The number of nitrogens with zero attached hydrogens (tertiary/aromatic N) is 3. The number of hydrogen-bond donors (Lipinski definition) is 1. The van der Waals surface area contributed by atoms with E-state index in [1.165, 1.54) is 24.7 Å². The number of benzene rings is 1. The van der Waals surface area contributed by atoms with Crippen LogP contribution in [0, 0.1) is 11.3 Å². The zero-order valence-electron chi connectivity index (χ0n) is 9.44. The minimum absolute atomic E-state index is 0.153. The number of hydrogen-bond acceptors (Lipinski definition) is 4. The Morgan fingerprint density at radius 3 is 2.74 bits per heavy atom. The molecule has 0 spiro atoms. The van der Waals surface area contributed by atoms with Crippen molar-refractivity contribution in [2.75, 3.05) is 5.32 Å². The van der Waals surface area contributed by atoms with E-state index >= 15 is 0 Å². The lowest BCUT2D eigenvalue weighted by molar-refractivity contribution is -0.137. The van der Waals surface area contributed by atoms with Gasteiger partial charge in [0.1, 0.15) is 18.0 Å². The van der Waals surface area contributed by atoms with Gasteiger partial charge in [-0.1, -0.05) is 6.07 Å². The van der Waals surface area contributed by atoms with Crippen LogP contribution in [0.15, 0.2) is 36.8 Å². The van der Waals surface area contributed by atoms with Gasteiger partial charge < -0.3 is 5.32 Å². The SMILES string of the molecule is N#Cc1cncnc1Nc1cccc(C(F)(F)F)c1. The molecule has 0 fully saturated rings. The van der Waals surface area contributed by atoms with Gasteiger partial charge in [-0.05, 0) is 18.2 Å². The highest BCUT2D eigenvalue weighted by atomic mass is 19.4. The monoisotopic (exact) mass is 264 g/mol. The van der Waals surface area contributed by atoms with Crippen LogP contribution in [-0.4, -0.2) is 9.97 Å². The topological polar surface area (TPSA) is 61.6 Å². The van der Waals surface area contributed by atoms with Crippen LogP contribution >= 0.6 is 0 Å². The van der Waals surface area contributed by atoms with Gasteiger partial charge in [0.25, 0.3) is 0 Å². The first-order chi connectivity index (χ1) is 9.00. The molecule has 1 heterocycles. The van der Waals surface area contributed by atoms with Gasteiger partial charge in [-0.2, -0.15) is 18.4 Å². The highest BCUT2D eigenvalue weighted by Gasteiger charge is 2.30. The van der Waals surface area contributed by atoms with Crippen LogP contribution < -0.4 is 5.32 Å². The maximum Gasteiger partial charge on any atom is 0.416 e. The lowest BCUT2D eigenvalue weighted by Gasteiger charge is -2.10. The van der Waals surface area contributed by atoms with E-state index in [0.717, 1.165) is 12.1 Å². The van der Waals surface area contributed by atoms with Crippen molar-refractivity contribution in [2.24, 2.45) is 0 Å². The van der Waals surface area contributed by atoms with Crippen molar-refractivity contribution in [1.82, 2.24) is 9.97 Å². The summed E-state index contributed by atoms with van der Waals surface area (Å²) >= 11 is 0. The summed E-state index contributed by atoms with van der Waals surface area (Å²) in [6, 6.07) is 6.50. The van der Waals surface area contributed by atoms with Gasteiger partial charge in [-0.25, -0.2) is 9.97 Å². The summed E-state index contributed by atoms with van der Waals surface area (Å²) < 4.78 is 37.6. The van der Waals surface area contributed by atoms with Crippen LogP contribution in [0.5, 0.6) is 0 Å². The van der Waals surface area contributed by atoms with Crippen LogP contribution in [0.25, 0.3) is 0 Å². The normalized spacial score (nSPS) is 10.8. The number of nitriles is 1. The summed E-state index contributed by atoms with van der Waals surface area (Å²) in [5, 5.41) is 11.5. The van der Waals surface area contributed by atoms with E-state index in [4.69, 9.17) is 5.26 Å². The Balaban J connectivity index is 2.32. The molecule has 96 valence electrons.